The normalized spacial score (nSPS) is 13.4. The summed E-state index contributed by atoms with van der Waals surface area (Å²) in [4.78, 5) is 14.6. The van der Waals surface area contributed by atoms with Crippen molar-refractivity contribution in [2.75, 3.05) is 0 Å². The van der Waals surface area contributed by atoms with Crippen molar-refractivity contribution in [3.8, 4) is 11.1 Å². The van der Waals surface area contributed by atoms with Crippen LogP contribution in [0.1, 0.15) is 27.0 Å². The fraction of sp³-hybridized carbons (Fsp3) is 0.158. The van der Waals surface area contributed by atoms with Crippen LogP contribution in [0.5, 0.6) is 0 Å². The molecule has 0 aliphatic carbocycles. The van der Waals surface area contributed by atoms with E-state index in [0.29, 0.717) is 19.6 Å². The number of hydrogen-bond donors (Lipinski definition) is 2. The van der Waals surface area contributed by atoms with Gasteiger partial charge in [-0.05, 0) is 28.3 Å². The van der Waals surface area contributed by atoms with Gasteiger partial charge in [0.15, 0.2) is 0 Å². The number of fused-ring (bicyclic) bond motifs is 1. The van der Waals surface area contributed by atoms with E-state index in [4.69, 9.17) is 5.73 Å². The third-order valence-corrected chi connectivity index (χ3v) is 4.42. The fourth-order valence-corrected chi connectivity index (χ4v) is 3.15. The molecule has 1 amide bonds. The van der Waals surface area contributed by atoms with Gasteiger partial charge in [-0.25, -0.2) is 0 Å². The van der Waals surface area contributed by atoms with Crippen LogP contribution < -0.4 is 5.73 Å². The van der Waals surface area contributed by atoms with Crippen molar-refractivity contribution >= 4 is 5.91 Å². The average Bonchev–Trinajstić information content (AvgIpc) is 3.24. The van der Waals surface area contributed by atoms with Crippen molar-refractivity contribution in [2.24, 2.45) is 5.73 Å². The Morgan fingerprint density at radius 1 is 1.12 bits per heavy atom. The molecular weight excluding hydrogens is 300 g/mol. The molecule has 0 bridgehead atoms. The fourth-order valence-electron chi connectivity index (χ4n) is 3.15. The molecule has 1 aliphatic heterocycles. The van der Waals surface area contributed by atoms with Crippen molar-refractivity contribution in [3.63, 3.8) is 0 Å². The van der Waals surface area contributed by atoms with Gasteiger partial charge in [-0.3, -0.25) is 9.89 Å². The first kappa shape index (κ1) is 14.7. The first-order chi connectivity index (χ1) is 11.7. The Hall–Kier alpha value is -2.92. The largest absolute Gasteiger partial charge is 0.330 e. The number of benzene rings is 2. The molecule has 1 aliphatic rings. The summed E-state index contributed by atoms with van der Waals surface area (Å²) in [6.45, 7) is 1.76. The van der Waals surface area contributed by atoms with Crippen molar-refractivity contribution in [1.29, 1.82) is 0 Å². The number of nitrogens with two attached hydrogens (primary N) is 1. The number of nitrogens with zero attached hydrogens (tertiary/aromatic N) is 2. The third-order valence-electron chi connectivity index (χ3n) is 4.42. The zero-order chi connectivity index (χ0) is 16.5. The van der Waals surface area contributed by atoms with Gasteiger partial charge in [-0.1, -0.05) is 36.4 Å². The van der Waals surface area contributed by atoms with E-state index in [9.17, 15) is 4.79 Å². The molecule has 2 heterocycles. The maximum Gasteiger partial charge on any atom is 0.254 e. The number of H-pyrrole nitrogens is 1. The number of hydrogen-bond acceptors (Lipinski definition) is 3. The maximum atomic E-state index is 12.8. The van der Waals surface area contributed by atoms with E-state index in [2.05, 4.69) is 16.3 Å². The van der Waals surface area contributed by atoms with E-state index in [1.807, 2.05) is 47.5 Å². The second-order valence-electron chi connectivity index (χ2n) is 6.04. The molecular formula is C19H18N4O. The summed E-state index contributed by atoms with van der Waals surface area (Å²) in [5.41, 5.74) is 11.7. The van der Waals surface area contributed by atoms with E-state index < -0.39 is 0 Å². The van der Waals surface area contributed by atoms with Gasteiger partial charge in [0.1, 0.15) is 0 Å². The Morgan fingerprint density at radius 3 is 2.79 bits per heavy atom. The minimum absolute atomic E-state index is 0.0773. The summed E-state index contributed by atoms with van der Waals surface area (Å²) in [6.07, 6.45) is 3.59. The molecule has 5 heteroatoms. The number of aromatic amines is 1. The topological polar surface area (TPSA) is 75.0 Å². The second kappa shape index (κ2) is 5.94. The van der Waals surface area contributed by atoms with E-state index in [-0.39, 0.29) is 5.91 Å². The zero-order valence-electron chi connectivity index (χ0n) is 13.2. The maximum absolute atomic E-state index is 12.8. The minimum atomic E-state index is 0.0773. The van der Waals surface area contributed by atoms with E-state index in [1.54, 1.807) is 6.20 Å². The lowest BCUT2D eigenvalue weighted by atomic mass is 10.0. The van der Waals surface area contributed by atoms with Crippen molar-refractivity contribution < 1.29 is 4.79 Å². The summed E-state index contributed by atoms with van der Waals surface area (Å²) in [6, 6.07) is 14.1. The minimum Gasteiger partial charge on any atom is -0.330 e. The SMILES string of the molecule is NCc1cccc(CN2Cc3ccc(-c4cn[nH]c4)cc3C2=O)c1. The molecule has 0 saturated carbocycles. The smallest absolute Gasteiger partial charge is 0.254 e. The molecule has 0 saturated heterocycles. The Kier molecular flexibility index (Phi) is 3.63. The molecule has 24 heavy (non-hydrogen) atoms. The van der Waals surface area contributed by atoms with Crippen LogP contribution in [0.2, 0.25) is 0 Å². The molecule has 0 atom stereocenters. The highest BCUT2D eigenvalue weighted by Gasteiger charge is 2.27. The molecule has 1 aromatic heterocycles. The van der Waals surface area contributed by atoms with Crippen molar-refractivity contribution in [3.05, 3.63) is 77.1 Å². The first-order valence-electron chi connectivity index (χ1n) is 7.94. The van der Waals surface area contributed by atoms with Gasteiger partial charge in [0, 0.05) is 37.0 Å². The molecule has 2 aromatic carbocycles. The van der Waals surface area contributed by atoms with Crippen molar-refractivity contribution in [2.45, 2.75) is 19.6 Å². The molecule has 5 nitrogen and oxygen atoms in total. The predicted molar refractivity (Wildman–Crippen MR) is 91.9 cm³/mol. The van der Waals surface area contributed by atoms with Gasteiger partial charge >= 0.3 is 0 Å². The van der Waals surface area contributed by atoms with Gasteiger partial charge < -0.3 is 10.6 Å². The van der Waals surface area contributed by atoms with Crippen molar-refractivity contribution in [1.82, 2.24) is 15.1 Å². The lowest BCUT2D eigenvalue weighted by molar-refractivity contribution is 0.0766. The van der Waals surface area contributed by atoms with E-state index in [1.165, 1.54) is 0 Å². The van der Waals surface area contributed by atoms with Crippen LogP contribution in [-0.2, 0) is 19.6 Å². The number of nitrogens with one attached hydrogen (secondary N) is 1. The van der Waals surface area contributed by atoms with E-state index >= 15 is 0 Å². The summed E-state index contributed by atoms with van der Waals surface area (Å²) in [5.74, 6) is 0.0773. The van der Waals surface area contributed by atoms with Gasteiger partial charge in [0.2, 0.25) is 0 Å². The van der Waals surface area contributed by atoms with Crippen LogP contribution >= 0.6 is 0 Å². The van der Waals surface area contributed by atoms with Crippen LogP contribution in [0.25, 0.3) is 11.1 Å². The number of aromatic nitrogens is 2. The number of rotatable bonds is 4. The monoisotopic (exact) mass is 318 g/mol. The molecule has 0 fully saturated rings. The van der Waals surface area contributed by atoms with Crippen LogP contribution in [0.4, 0.5) is 0 Å². The second-order valence-corrected chi connectivity index (χ2v) is 6.04. The highest BCUT2D eigenvalue weighted by molar-refractivity contribution is 5.99. The van der Waals surface area contributed by atoms with Gasteiger partial charge in [-0.15, -0.1) is 0 Å². The van der Waals surface area contributed by atoms with Crippen LogP contribution in [0.3, 0.4) is 0 Å². The highest BCUT2D eigenvalue weighted by atomic mass is 16.2. The Labute approximate surface area is 140 Å². The summed E-state index contributed by atoms with van der Waals surface area (Å²) < 4.78 is 0. The molecule has 4 rings (SSSR count). The zero-order valence-corrected chi connectivity index (χ0v) is 13.2. The van der Waals surface area contributed by atoms with E-state index in [0.717, 1.165) is 33.4 Å². The molecule has 0 unspecified atom stereocenters. The highest BCUT2D eigenvalue weighted by Crippen LogP contribution is 2.29. The quantitative estimate of drug-likeness (QED) is 0.776. The van der Waals surface area contributed by atoms with Crippen LogP contribution in [-0.4, -0.2) is 21.0 Å². The average molecular weight is 318 g/mol. The Bertz CT molecular complexity index is 886. The Morgan fingerprint density at radius 2 is 2.00 bits per heavy atom. The number of carbonyl (C=O) groups excluding carboxylic acids is 1. The van der Waals surface area contributed by atoms with Crippen LogP contribution in [0, 0.1) is 0 Å². The lowest BCUT2D eigenvalue weighted by Crippen LogP contribution is -2.23. The molecule has 0 spiro atoms. The van der Waals surface area contributed by atoms with Gasteiger partial charge in [0.05, 0.1) is 6.20 Å². The Balaban J connectivity index is 1.58. The summed E-state index contributed by atoms with van der Waals surface area (Å²) >= 11 is 0. The van der Waals surface area contributed by atoms with Gasteiger partial charge in [-0.2, -0.15) is 5.10 Å². The summed E-state index contributed by atoms with van der Waals surface area (Å²) in [7, 11) is 0. The molecule has 120 valence electrons. The van der Waals surface area contributed by atoms with Crippen LogP contribution in [0.15, 0.2) is 54.9 Å². The number of carbonyl (C=O) groups is 1. The van der Waals surface area contributed by atoms with Gasteiger partial charge in [0.25, 0.3) is 5.91 Å². The summed E-state index contributed by atoms with van der Waals surface area (Å²) in [5, 5.41) is 6.77. The first-order valence-corrected chi connectivity index (χ1v) is 7.94. The lowest BCUT2D eigenvalue weighted by Gasteiger charge is -2.16. The predicted octanol–water partition coefficient (Wildman–Crippen LogP) is 2.69. The standard InChI is InChI=1S/C19H18N4O/c20-8-13-2-1-3-14(6-13)11-23-12-16-5-4-15(7-18(16)19(23)24)17-9-21-22-10-17/h1-7,9-10H,8,11-12,20H2,(H,21,22). The third kappa shape index (κ3) is 2.59. The molecule has 3 N–H and O–H groups in total. The molecule has 0 radical (unpaired) electrons. The number of amides is 1. The molecule has 3 aromatic rings.